The third kappa shape index (κ3) is 5.04. The van der Waals surface area contributed by atoms with Crippen LogP contribution in [0.15, 0.2) is 72.8 Å². The molecular formula is C28H25NO4. The highest BCUT2D eigenvalue weighted by Crippen LogP contribution is 2.31. The first kappa shape index (κ1) is 22.1. The monoisotopic (exact) mass is 439 g/mol. The number of rotatable bonds is 6. The van der Waals surface area contributed by atoms with Crippen molar-refractivity contribution in [2.75, 3.05) is 7.11 Å². The summed E-state index contributed by atoms with van der Waals surface area (Å²) in [6, 6.07) is 21.3. The third-order valence-electron chi connectivity index (χ3n) is 5.51. The molecule has 4 rings (SSSR count). The second kappa shape index (κ2) is 9.57. The maximum Gasteiger partial charge on any atom is 0.338 e. The minimum Gasteiger partial charge on any atom is -0.466 e. The van der Waals surface area contributed by atoms with Crippen molar-refractivity contribution in [3.8, 4) is 11.3 Å². The molecule has 1 N–H and O–H groups in total. The zero-order valence-electron chi connectivity index (χ0n) is 18.8. The summed E-state index contributed by atoms with van der Waals surface area (Å²) in [4.78, 5) is 27.4. The molecule has 0 saturated heterocycles. The summed E-state index contributed by atoms with van der Waals surface area (Å²) in [5.74, 6) is -0.742. The van der Waals surface area contributed by atoms with E-state index in [0.29, 0.717) is 5.56 Å². The van der Waals surface area contributed by atoms with E-state index in [1.165, 1.54) is 13.2 Å². The highest BCUT2D eigenvalue weighted by molar-refractivity contribution is 5.96. The van der Waals surface area contributed by atoms with Crippen LogP contribution in [-0.2, 0) is 20.9 Å². The number of esters is 2. The van der Waals surface area contributed by atoms with Gasteiger partial charge >= 0.3 is 11.9 Å². The maximum atomic E-state index is 12.5. The van der Waals surface area contributed by atoms with Gasteiger partial charge in [-0.2, -0.15) is 0 Å². The summed E-state index contributed by atoms with van der Waals surface area (Å²) in [5, 5.41) is 1.01. The number of aromatic nitrogens is 1. The Kier molecular flexibility index (Phi) is 6.41. The zero-order valence-corrected chi connectivity index (χ0v) is 18.8. The van der Waals surface area contributed by atoms with Gasteiger partial charge < -0.3 is 14.5 Å². The lowest BCUT2D eigenvalue weighted by atomic mass is 9.96. The first-order chi connectivity index (χ1) is 15.9. The third-order valence-corrected chi connectivity index (χ3v) is 5.51. The number of methoxy groups -OCH3 is 1. The summed E-state index contributed by atoms with van der Waals surface area (Å²) in [5.41, 5.74) is 7.47. The normalized spacial score (nSPS) is 11.1. The predicted octanol–water partition coefficient (Wildman–Crippen LogP) is 5.99. The molecule has 0 amide bonds. The zero-order chi connectivity index (χ0) is 23.4. The second-order valence-electron chi connectivity index (χ2n) is 7.93. The minimum atomic E-state index is -0.386. The van der Waals surface area contributed by atoms with Crippen molar-refractivity contribution in [2.45, 2.75) is 20.5 Å². The fourth-order valence-corrected chi connectivity index (χ4v) is 3.95. The molecule has 0 bridgehead atoms. The van der Waals surface area contributed by atoms with Gasteiger partial charge in [-0.15, -0.1) is 0 Å². The molecule has 0 fully saturated rings. The van der Waals surface area contributed by atoms with Crippen molar-refractivity contribution in [2.24, 2.45) is 0 Å². The number of hydrogen-bond donors (Lipinski definition) is 1. The molecule has 0 aliphatic heterocycles. The van der Waals surface area contributed by atoms with E-state index in [9.17, 15) is 9.59 Å². The van der Waals surface area contributed by atoms with Crippen LogP contribution < -0.4 is 0 Å². The van der Waals surface area contributed by atoms with E-state index in [2.05, 4.69) is 15.8 Å². The molecule has 1 aromatic heterocycles. The molecule has 0 aliphatic carbocycles. The molecule has 3 aromatic carbocycles. The number of aryl methyl sites for hydroxylation is 2. The van der Waals surface area contributed by atoms with Crippen molar-refractivity contribution < 1.29 is 19.1 Å². The van der Waals surface area contributed by atoms with Crippen molar-refractivity contribution in [3.05, 3.63) is 101 Å². The summed E-state index contributed by atoms with van der Waals surface area (Å²) < 4.78 is 10.1. The summed E-state index contributed by atoms with van der Waals surface area (Å²) in [6.07, 6.45) is 3.16. The van der Waals surface area contributed by atoms with E-state index in [0.717, 1.165) is 44.4 Å². The Morgan fingerprint density at radius 1 is 0.939 bits per heavy atom. The van der Waals surface area contributed by atoms with E-state index >= 15 is 0 Å². The van der Waals surface area contributed by atoms with Crippen molar-refractivity contribution in [1.82, 2.24) is 4.98 Å². The number of benzene rings is 3. The highest BCUT2D eigenvalue weighted by atomic mass is 16.5. The average Bonchev–Trinajstić information content (AvgIpc) is 3.23. The van der Waals surface area contributed by atoms with Crippen LogP contribution in [0.4, 0.5) is 0 Å². The summed E-state index contributed by atoms with van der Waals surface area (Å²) in [7, 11) is 1.36. The molecule has 33 heavy (non-hydrogen) atoms. The maximum absolute atomic E-state index is 12.5. The number of carbonyl (C=O) groups is 2. The van der Waals surface area contributed by atoms with Gasteiger partial charge in [0.2, 0.25) is 0 Å². The van der Waals surface area contributed by atoms with Crippen molar-refractivity contribution in [1.29, 1.82) is 0 Å². The molecule has 0 aliphatic rings. The summed E-state index contributed by atoms with van der Waals surface area (Å²) >= 11 is 0. The van der Waals surface area contributed by atoms with E-state index < -0.39 is 0 Å². The largest absolute Gasteiger partial charge is 0.466 e. The quantitative estimate of drug-likeness (QED) is 0.296. The number of ether oxygens (including phenoxy) is 2. The Morgan fingerprint density at radius 2 is 1.67 bits per heavy atom. The molecular weight excluding hydrogens is 414 g/mol. The fourth-order valence-electron chi connectivity index (χ4n) is 3.95. The van der Waals surface area contributed by atoms with Crippen LogP contribution in [0.3, 0.4) is 0 Å². The Balaban J connectivity index is 1.58. The van der Waals surface area contributed by atoms with Gasteiger partial charge in [-0.05, 0) is 60.4 Å². The molecule has 0 radical (unpaired) electrons. The molecule has 0 spiro atoms. The minimum absolute atomic E-state index is 0.239. The van der Waals surface area contributed by atoms with E-state index in [-0.39, 0.29) is 18.5 Å². The van der Waals surface area contributed by atoms with Gasteiger partial charge in [-0.3, -0.25) is 0 Å². The number of fused-ring (bicyclic) bond motifs is 1. The van der Waals surface area contributed by atoms with Crippen LogP contribution >= 0.6 is 0 Å². The van der Waals surface area contributed by atoms with Crippen molar-refractivity contribution >= 4 is 28.9 Å². The number of carbonyl (C=O) groups excluding carboxylic acids is 2. The van der Waals surface area contributed by atoms with Crippen LogP contribution in [0.2, 0.25) is 0 Å². The molecule has 166 valence electrons. The second-order valence-corrected chi connectivity index (χ2v) is 7.93. The van der Waals surface area contributed by atoms with Gasteiger partial charge in [-0.1, -0.05) is 48.5 Å². The topological polar surface area (TPSA) is 68.4 Å². The molecule has 0 saturated carbocycles. The van der Waals surface area contributed by atoms with Gasteiger partial charge in [0.25, 0.3) is 0 Å². The SMILES string of the molecule is COC(=O)C=Cc1cc(C)c(-c2cc3ccc(C(=O)OCc4ccccc4)cc3[nH]2)c(C)c1. The van der Waals surface area contributed by atoms with Crippen LogP contribution in [-0.4, -0.2) is 24.0 Å². The number of aromatic amines is 1. The van der Waals surface area contributed by atoms with Crippen LogP contribution in [0.25, 0.3) is 28.2 Å². The van der Waals surface area contributed by atoms with Gasteiger partial charge in [0.1, 0.15) is 6.61 Å². The molecule has 5 nitrogen and oxygen atoms in total. The number of nitrogens with one attached hydrogen (secondary N) is 1. The Bertz CT molecular complexity index is 1330. The van der Waals surface area contributed by atoms with E-state index in [1.807, 2.05) is 68.4 Å². The van der Waals surface area contributed by atoms with Gasteiger partial charge in [-0.25, -0.2) is 9.59 Å². The standard InChI is InChI=1S/C28H25NO4/c1-18-13-21(9-12-26(30)32-3)14-19(2)27(18)25-15-22-10-11-23(16-24(22)29-25)28(31)33-17-20-7-5-4-6-8-20/h4-16,29H,17H2,1-3H3. The lowest BCUT2D eigenvalue weighted by Gasteiger charge is -2.10. The van der Waals surface area contributed by atoms with Crippen molar-refractivity contribution in [3.63, 3.8) is 0 Å². The number of H-pyrrole nitrogens is 1. The first-order valence-corrected chi connectivity index (χ1v) is 10.7. The van der Waals surface area contributed by atoms with Crippen LogP contribution in [0.1, 0.15) is 32.6 Å². The average molecular weight is 440 g/mol. The lowest BCUT2D eigenvalue weighted by molar-refractivity contribution is -0.134. The Labute approximate surface area is 192 Å². The van der Waals surface area contributed by atoms with E-state index in [1.54, 1.807) is 12.1 Å². The van der Waals surface area contributed by atoms with Crippen LogP contribution in [0, 0.1) is 13.8 Å². The molecule has 0 atom stereocenters. The van der Waals surface area contributed by atoms with Gasteiger partial charge in [0.15, 0.2) is 0 Å². The lowest BCUT2D eigenvalue weighted by Crippen LogP contribution is -2.05. The molecule has 0 unspecified atom stereocenters. The van der Waals surface area contributed by atoms with E-state index in [4.69, 9.17) is 4.74 Å². The molecule has 4 aromatic rings. The Hall–Kier alpha value is -4.12. The van der Waals surface area contributed by atoms with Gasteiger partial charge in [0, 0.05) is 28.2 Å². The van der Waals surface area contributed by atoms with Crippen LogP contribution in [0.5, 0.6) is 0 Å². The Morgan fingerprint density at radius 3 is 2.36 bits per heavy atom. The molecule has 5 heteroatoms. The van der Waals surface area contributed by atoms with Gasteiger partial charge in [0.05, 0.1) is 12.7 Å². The smallest absolute Gasteiger partial charge is 0.338 e. The predicted molar refractivity (Wildman–Crippen MR) is 130 cm³/mol. The molecule has 1 heterocycles. The fraction of sp³-hybridized carbons (Fsp3) is 0.143. The highest BCUT2D eigenvalue weighted by Gasteiger charge is 2.13. The number of hydrogen-bond acceptors (Lipinski definition) is 4. The summed E-state index contributed by atoms with van der Waals surface area (Å²) in [6.45, 7) is 4.31. The first-order valence-electron chi connectivity index (χ1n) is 10.7.